The zero-order chi connectivity index (χ0) is 12.4. The minimum Gasteiger partial charge on any atom is -0.359 e. The summed E-state index contributed by atoms with van der Waals surface area (Å²) >= 11 is 0. The van der Waals surface area contributed by atoms with Crippen molar-refractivity contribution in [1.82, 2.24) is 9.97 Å². The van der Waals surface area contributed by atoms with E-state index < -0.39 is 0 Å². The van der Waals surface area contributed by atoms with Crippen molar-refractivity contribution in [3.8, 4) is 0 Å². The third-order valence-corrected chi connectivity index (χ3v) is 3.46. The Morgan fingerprint density at radius 2 is 2.12 bits per heavy atom. The van der Waals surface area contributed by atoms with Crippen molar-refractivity contribution in [1.29, 1.82) is 0 Å². The fraction of sp³-hybridized carbons (Fsp3) is 0.692. The number of rotatable bonds is 4. The van der Waals surface area contributed by atoms with Crippen LogP contribution in [0.5, 0.6) is 0 Å². The Hall–Kier alpha value is -1.16. The van der Waals surface area contributed by atoms with E-state index in [2.05, 4.69) is 41.8 Å². The van der Waals surface area contributed by atoms with Gasteiger partial charge in [-0.25, -0.2) is 9.97 Å². The average molecular weight is 234 g/mol. The normalized spacial score (nSPS) is 23.6. The van der Waals surface area contributed by atoms with Crippen LogP contribution >= 0.6 is 0 Å². The molecule has 1 aliphatic rings. The van der Waals surface area contributed by atoms with Crippen LogP contribution in [0.25, 0.3) is 0 Å². The Labute approximate surface area is 103 Å². The van der Waals surface area contributed by atoms with Gasteiger partial charge in [-0.3, -0.25) is 0 Å². The maximum Gasteiger partial charge on any atom is 0.131 e. The van der Waals surface area contributed by atoms with Gasteiger partial charge < -0.3 is 10.6 Å². The Morgan fingerprint density at radius 3 is 2.71 bits per heavy atom. The molecule has 0 bridgehead atoms. The number of hydrogen-bond donors (Lipinski definition) is 1. The smallest absolute Gasteiger partial charge is 0.131 e. The first kappa shape index (κ1) is 12.3. The van der Waals surface area contributed by atoms with Crippen LogP contribution in [-0.4, -0.2) is 29.6 Å². The van der Waals surface area contributed by atoms with Crippen LogP contribution < -0.4 is 10.6 Å². The van der Waals surface area contributed by atoms with Crippen molar-refractivity contribution in [2.24, 2.45) is 11.7 Å². The van der Waals surface area contributed by atoms with Crippen LogP contribution in [0.4, 0.5) is 5.82 Å². The second kappa shape index (κ2) is 5.00. The minimum absolute atomic E-state index is 0.421. The second-order valence-corrected chi connectivity index (χ2v) is 5.43. The second-order valence-electron chi connectivity index (χ2n) is 5.43. The third kappa shape index (κ3) is 2.94. The predicted octanol–water partition coefficient (Wildman–Crippen LogP) is 1.77. The number of anilines is 1. The fourth-order valence-electron chi connectivity index (χ4n) is 2.30. The molecule has 4 nitrogen and oxygen atoms in total. The molecule has 2 rings (SSSR count). The van der Waals surface area contributed by atoms with Crippen molar-refractivity contribution >= 4 is 5.82 Å². The molecule has 94 valence electrons. The highest BCUT2D eigenvalue weighted by Crippen LogP contribution is 2.27. The fourth-order valence-corrected chi connectivity index (χ4v) is 2.30. The summed E-state index contributed by atoms with van der Waals surface area (Å²) in [5.41, 5.74) is 6.91. The Kier molecular flexibility index (Phi) is 3.62. The van der Waals surface area contributed by atoms with Crippen molar-refractivity contribution in [3.63, 3.8) is 0 Å². The van der Waals surface area contributed by atoms with E-state index in [0.717, 1.165) is 36.8 Å². The molecule has 1 aromatic heterocycles. The summed E-state index contributed by atoms with van der Waals surface area (Å²) in [6.07, 6.45) is 3.95. The molecule has 0 aromatic carbocycles. The molecule has 0 aliphatic heterocycles. The summed E-state index contributed by atoms with van der Waals surface area (Å²) in [6, 6.07) is 2.51. The summed E-state index contributed by atoms with van der Waals surface area (Å²) in [7, 11) is 2.09. The maximum atomic E-state index is 5.80. The number of nitrogens with two attached hydrogens (primary N) is 1. The van der Waals surface area contributed by atoms with Crippen molar-refractivity contribution in [2.75, 3.05) is 18.5 Å². The molecule has 0 amide bonds. The van der Waals surface area contributed by atoms with E-state index in [0.29, 0.717) is 12.0 Å². The van der Waals surface area contributed by atoms with Gasteiger partial charge in [0, 0.05) is 31.4 Å². The quantitative estimate of drug-likeness (QED) is 0.862. The van der Waals surface area contributed by atoms with E-state index in [9.17, 15) is 0 Å². The maximum absolute atomic E-state index is 5.80. The molecule has 1 saturated carbocycles. The van der Waals surface area contributed by atoms with Crippen LogP contribution in [0.15, 0.2) is 12.4 Å². The monoisotopic (exact) mass is 234 g/mol. The van der Waals surface area contributed by atoms with Gasteiger partial charge in [0.2, 0.25) is 0 Å². The number of nitrogens with zero attached hydrogens (tertiary/aromatic N) is 3. The SMILES string of the molecule is CC(C)c1cc(N(C)CC2CC(N)C2)ncn1. The summed E-state index contributed by atoms with van der Waals surface area (Å²) in [5, 5.41) is 0. The Balaban J connectivity index is 1.98. The molecular formula is C13H22N4. The molecule has 0 saturated heterocycles. The zero-order valence-electron chi connectivity index (χ0n) is 10.9. The van der Waals surface area contributed by atoms with Gasteiger partial charge in [0.05, 0.1) is 0 Å². The van der Waals surface area contributed by atoms with Crippen molar-refractivity contribution in [2.45, 2.75) is 38.6 Å². The predicted molar refractivity (Wildman–Crippen MR) is 70.1 cm³/mol. The lowest BCUT2D eigenvalue weighted by molar-refractivity contribution is 0.270. The van der Waals surface area contributed by atoms with Gasteiger partial charge in [0.15, 0.2) is 0 Å². The highest BCUT2D eigenvalue weighted by molar-refractivity contribution is 5.38. The highest BCUT2D eigenvalue weighted by atomic mass is 15.2. The van der Waals surface area contributed by atoms with Crippen LogP contribution in [0, 0.1) is 5.92 Å². The molecule has 1 heterocycles. The molecule has 4 heteroatoms. The summed E-state index contributed by atoms with van der Waals surface area (Å²) in [5.74, 6) is 2.19. The largest absolute Gasteiger partial charge is 0.359 e. The standard InChI is InChI=1S/C13H22N4/c1-9(2)12-6-13(16-8-15-12)17(3)7-10-4-11(14)5-10/h6,8-11H,4-5,7,14H2,1-3H3. The molecule has 1 fully saturated rings. The lowest BCUT2D eigenvalue weighted by Crippen LogP contribution is -2.42. The molecule has 1 aromatic rings. The molecule has 0 unspecified atom stereocenters. The first-order chi connectivity index (χ1) is 8.06. The van der Waals surface area contributed by atoms with Gasteiger partial charge >= 0.3 is 0 Å². The van der Waals surface area contributed by atoms with Crippen LogP contribution in [0.2, 0.25) is 0 Å². The molecular weight excluding hydrogens is 212 g/mol. The Morgan fingerprint density at radius 1 is 1.41 bits per heavy atom. The zero-order valence-corrected chi connectivity index (χ0v) is 10.9. The highest BCUT2D eigenvalue weighted by Gasteiger charge is 2.27. The van der Waals surface area contributed by atoms with Crippen molar-refractivity contribution < 1.29 is 0 Å². The molecule has 0 atom stereocenters. The van der Waals surface area contributed by atoms with E-state index in [4.69, 9.17) is 5.73 Å². The van der Waals surface area contributed by atoms with Crippen LogP contribution in [0.1, 0.15) is 38.3 Å². The van der Waals surface area contributed by atoms with Gasteiger partial charge in [-0.2, -0.15) is 0 Å². The molecule has 2 N–H and O–H groups in total. The molecule has 1 aliphatic carbocycles. The summed E-state index contributed by atoms with van der Waals surface area (Å²) in [4.78, 5) is 10.8. The van der Waals surface area contributed by atoms with E-state index in [-0.39, 0.29) is 0 Å². The van der Waals surface area contributed by atoms with E-state index in [1.54, 1.807) is 6.33 Å². The summed E-state index contributed by atoms with van der Waals surface area (Å²) in [6.45, 7) is 5.34. The van der Waals surface area contributed by atoms with Gasteiger partial charge in [-0.05, 0) is 24.7 Å². The lowest BCUT2D eigenvalue weighted by Gasteiger charge is -2.35. The van der Waals surface area contributed by atoms with E-state index >= 15 is 0 Å². The first-order valence-electron chi connectivity index (χ1n) is 6.35. The Bertz CT molecular complexity index is 371. The van der Waals surface area contributed by atoms with Gasteiger partial charge in [-0.1, -0.05) is 13.8 Å². The van der Waals surface area contributed by atoms with E-state index in [1.807, 2.05) is 0 Å². The lowest BCUT2D eigenvalue weighted by atomic mass is 9.80. The topological polar surface area (TPSA) is 55.0 Å². The van der Waals surface area contributed by atoms with Gasteiger partial charge in [-0.15, -0.1) is 0 Å². The van der Waals surface area contributed by atoms with Gasteiger partial charge in [0.25, 0.3) is 0 Å². The average Bonchev–Trinajstić information content (AvgIpc) is 2.27. The van der Waals surface area contributed by atoms with Crippen LogP contribution in [0.3, 0.4) is 0 Å². The van der Waals surface area contributed by atoms with Crippen LogP contribution in [-0.2, 0) is 0 Å². The molecule has 0 radical (unpaired) electrons. The third-order valence-electron chi connectivity index (χ3n) is 3.46. The number of hydrogen-bond acceptors (Lipinski definition) is 4. The number of aromatic nitrogens is 2. The summed E-state index contributed by atoms with van der Waals surface area (Å²) < 4.78 is 0. The van der Waals surface area contributed by atoms with E-state index in [1.165, 1.54) is 0 Å². The first-order valence-corrected chi connectivity index (χ1v) is 6.35. The minimum atomic E-state index is 0.421. The van der Waals surface area contributed by atoms with Gasteiger partial charge in [0.1, 0.15) is 12.1 Å². The van der Waals surface area contributed by atoms with Crippen molar-refractivity contribution in [3.05, 3.63) is 18.1 Å². The molecule has 0 spiro atoms. The molecule has 17 heavy (non-hydrogen) atoms.